The lowest BCUT2D eigenvalue weighted by molar-refractivity contribution is -0.125. The molecule has 6 nitrogen and oxygen atoms in total. The summed E-state index contributed by atoms with van der Waals surface area (Å²) < 4.78 is 0. The summed E-state index contributed by atoms with van der Waals surface area (Å²) in [5, 5.41) is 5.88. The Hall–Kier alpha value is -1.30. The number of carbonyl (C=O) groups excluding carboxylic acids is 2. The number of nitrogens with one attached hydrogen (secondary N) is 2. The first kappa shape index (κ1) is 18.0. The number of rotatable bonds is 5. The van der Waals surface area contributed by atoms with Gasteiger partial charge >= 0.3 is 6.03 Å². The lowest BCUT2D eigenvalue weighted by atomic mass is 9.89. The first-order valence-electron chi connectivity index (χ1n) is 9.05. The van der Waals surface area contributed by atoms with Gasteiger partial charge in [-0.15, -0.1) is 0 Å². The first-order valence-corrected chi connectivity index (χ1v) is 9.05. The van der Waals surface area contributed by atoms with Gasteiger partial charge < -0.3 is 20.4 Å². The van der Waals surface area contributed by atoms with Crippen LogP contribution in [0.2, 0.25) is 0 Å². The second kappa shape index (κ2) is 9.11. The first-order chi connectivity index (χ1) is 11.1. The highest BCUT2D eigenvalue weighted by molar-refractivity contribution is 5.78. The molecule has 1 aliphatic heterocycles. The number of urea groups is 1. The Morgan fingerprint density at radius 3 is 2.39 bits per heavy atom. The van der Waals surface area contributed by atoms with Crippen molar-refractivity contribution in [1.29, 1.82) is 0 Å². The fraction of sp³-hybridized carbons (Fsp3) is 0.882. The zero-order chi connectivity index (χ0) is 16.7. The van der Waals surface area contributed by atoms with Gasteiger partial charge in [0.2, 0.25) is 5.91 Å². The van der Waals surface area contributed by atoms with Gasteiger partial charge in [0.05, 0.1) is 0 Å². The maximum Gasteiger partial charge on any atom is 0.317 e. The van der Waals surface area contributed by atoms with Crippen molar-refractivity contribution in [3.63, 3.8) is 0 Å². The summed E-state index contributed by atoms with van der Waals surface area (Å²) in [7, 11) is 4.12. The van der Waals surface area contributed by atoms with E-state index in [0.29, 0.717) is 19.1 Å². The number of likely N-dealkylation sites (tertiary alicyclic amines) is 1. The predicted molar refractivity (Wildman–Crippen MR) is 91.3 cm³/mol. The van der Waals surface area contributed by atoms with Crippen molar-refractivity contribution in [2.75, 3.05) is 40.3 Å². The summed E-state index contributed by atoms with van der Waals surface area (Å²) in [6.45, 7) is 2.63. The van der Waals surface area contributed by atoms with Crippen LogP contribution in [0.5, 0.6) is 0 Å². The maximum absolute atomic E-state index is 12.2. The van der Waals surface area contributed by atoms with Crippen molar-refractivity contribution < 1.29 is 9.59 Å². The molecule has 23 heavy (non-hydrogen) atoms. The number of amides is 3. The summed E-state index contributed by atoms with van der Waals surface area (Å²) in [5.41, 5.74) is 0. The molecule has 0 radical (unpaired) electrons. The number of likely N-dealkylation sites (N-methyl/N-ethyl adjacent to an activating group) is 1. The molecule has 2 rings (SSSR count). The van der Waals surface area contributed by atoms with Gasteiger partial charge in [-0.25, -0.2) is 4.79 Å². The molecule has 0 spiro atoms. The molecule has 0 bridgehead atoms. The second-order valence-electron chi connectivity index (χ2n) is 7.06. The molecule has 3 amide bonds. The molecule has 1 saturated carbocycles. The van der Waals surface area contributed by atoms with Crippen molar-refractivity contribution in [2.24, 2.45) is 5.92 Å². The third-order valence-electron chi connectivity index (χ3n) is 5.09. The highest BCUT2D eigenvalue weighted by atomic mass is 16.2. The fourth-order valence-corrected chi connectivity index (χ4v) is 3.54. The zero-order valence-electron chi connectivity index (χ0n) is 14.6. The average Bonchev–Trinajstić information content (AvgIpc) is 2.59. The van der Waals surface area contributed by atoms with Crippen LogP contribution in [0, 0.1) is 5.92 Å². The monoisotopic (exact) mass is 324 g/mol. The molecule has 1 saturated heterocycles. The van der Waals surface area contributed by atoms with Crippen LogP contribution in [-0.2, 0) is 4.79 Å². The van der Waals surface area contributed by atoms with E-state index in [4.69, 9.17) is 0 Å². The maximum atomic E-state index is 12.2. The normalized spacial score (nSPS) is 22.9. The van der Waals surface area contributed by atoms with Crippen LogP contribution in [-0.4, -0.2) is 68.1 Å². The van der Waals surface area contributed by atoms with Gasteiger partial charge in [0.25, 0.3) is 0 Å². The summed E-state index contributed by atoms with van der Waals surface area (Å²) in [4.78, 5) is 28.3. The molecule has 1 atom stereocenters. The molecular weight excluding hydrogens is 292 g/mol. The molecule has 2 N–H and O–H groups in total. The van der Waals surface area contributed by atoms with E-state index in [1.165, 1.54) is 6.42 Å². The number of nitrogens with zero attached hydrogens (tertiary/aromatic N) is 2. The van der Waals surface area contributed by atoms with Crippen LogP contribution in [0.3, 0.4) is 0 Å². The van der Waals surface area contributed by atoms with Crippen LogP contribution >= 0.6 is 0 Å². The minimum atomic E-state index is -0.0107. The second-order valence-corrected chi connectivity index (χ2v) is 7.06. The topological polar surface area (TPSA) is 64.7 Å². The molecule has 6 heteroatoms. The van der Waals surface area contributed by atoms with Crippen molar-refractivity contribution >= 4 is 11.9 Å². The molecule has 0 aromatic carbocycles. The minimum absolute atomic E-state index is 0.0107. The Morgan fingerprint density at radius 2 is 1.70 bits per heavy atom. The highest BCUT2D eigenvalue weighted by Crippen LogP contribution is 2.23. The van der Waals surface area contributed by atoms with Crippen molar-refractivity contribution in [1.82, 2.24) is 20.4 Å². The molecule has 1 heterocycles. The fourth-order valence-electron chi connectivity index (χ4n) is 3.54. The quantitative estimate of drug-likeness (QED) is 0.752. The lowest BCUT2D eigenvalue weighted by Gasteiger charge is -2.36. The van der Waals surface area contributed by atoms with Crippen LogP contribution in [0.4, 0.5) is 4.79 Å². The number of hydrogen-bond acceptors (Lipinski definition) is 3. The Kier molecular flexibility index (Phi) is 7.15. The SMILES string of the molecule is CN(C)[C@H]1CCCN(C(=O)NCCNC(=O)C2CCCCC2)C1. The molecular formula is C17H32N4O2. The van der Waals surface area contributed by atoms with E-state index in [9.17, 15) is 9.59 Å². The lowest BCUT2D eigenvalue weighted by Crippen LogP contribution is -2.51. The van der Waals surface area contributed by atoms with Gasteiger partial charge in [-0.3, -0.25) is 4.79 Å². The van der Waals surface area contributed by atoms with Crippen molar-refractivity contribution in [3.8, 4) is 0 Å². The van der Waals surface area contributed by atoms with E-state index in [1.807, 2.05) is 4.90 Å². The van der Waals surface area contributed by atoms with E-state index >= 15 is 0 Å². The number of hydrogen-bond donors (Lipinski definition) is 2. The Bertz CT molecular complexity index is 394. The summed E-state index contributed by atoms with van der Waals surface area (Å²) in [6, 6.07) is 0.434. The number of carbonyl (C=O) groups is 2. The van der Waals surface area contributed by atoms with Gasteiger partial charge in [0.15, 0.2) is 0 Å². The standard InChI is InChI=1S/C17H32N4O2/c1-20(2)15-9-6-12-21(13-15)17(23)19-11-10-18-16(22)14-7-4-3-5-8-14/h14-15H,3-13H2,1-2H3,(H,18,22)(H,19,23)/t15-/m0/s1. The average molecular weight is 324 g/mol. The van der Waals surface area contributed by atoms with E-state index < -0.39 is 0 Å². The smallest absolute Gasteiger partial charge is 0.317 e. The highest BCUT2D eigenvalue weighted by Gasteiger charge is 2.24. The van der Waals surface area contributed by atoms with E-state index in [0.717, 1.165) is 51.6 Å². The predicted octanol–water partition coefficient (Wildman–Crippen LogP) is 1.42. The summed E-state index contributed by atoms with van der Waals surface area (Å²) >= 11 is 0. The summed E-state index contributed by atoms with van der Waals surface area (Å²) in [5.74, 6) is 0.340. The van der Waals surface area contributed by atoms with E-state index in [2.05, 4.69) is 29.6 Å². The number of piperidine rings is 1. The third kappa shape index (κ3) is 5.68. The van der Waals surface area contributed by atoms with Crippen molar-refractivity contribution in [3.05, 3.63) is 0 Å². The molecule has 0 aromatic heterocycles. The Morgan fingerprint density at radius 1 is 1.00 bits per heavy atom. The Balaban J connectivity index is 1.61. The van der Waals surface area contributed by atoms with Crippen molar-refractivity contribution in [2.45, 2.75) is 51.0 Å². The van der Waals surface area contributed by atoms with Crippen LogP contribution < -0.4 is 10.6 Å². The van der Waals surface area contributed by atoms with Gasteiger partial charge in [0.1, 0.15) is 0 Å². The molecule has 2 fully saturated rings. The van der Waals surface area contributed by atoms with E-state index in [-0.39, 0.29) is 17.9 Å². The largest absolute Gasteiger partial charge is 0.354 e. The van der Waals surface area contributed by atoms with Crippen LogP contribution in [0.15, 0.2) is 0 Å². The van der Waals surface area contributed by atoms with Gasteiger partial charge in [-0.2, -0.15) is 0 Å². The van der Waals surface area contributed by atoms with E-state index in [1.54, 1.807) is 0 Å². The van der Waals surface area contributed by atoms with Crippen LogP contribution in [0.25, 0.3) is 0 Å². The van der Waals surface area contributed by atoms with Gasteiger partial charge in [-0.05, 0) is 39.8 Å². The van der Waals surface area contributed by atoms with Gasteiger partial charge in [-0.1, -0.05) is 19.3 Å². The molecule has 132 valence electrons. The van der Waals surface area contributed by atoms with Crippen LogP contribution in [0.1, 0.15) is 44.9 Å². The molecule has 1 aliphatic carbocycles. The molecule has 2 aliphatic rings. The minimum Gasteiger partial charge on any atom is -0.354 e. The molecule has 0 aromatic rings. The summed E-state index contributed by atoms with van der Waals surface area (Å²) in [6.07, 6.45) is 7.80. The zero-order valence-corrected chi connectivity index (χ0v) is 14.6. The van der Waals surface area contributed by atoms with Gasteiger partial charge in [0, 0.05) is 38.1 Å². The third-order valence-corrected chi connectivity index (χ3v) is 5.09. The molecule has 0 unspecified atom stereocenters. The Labute approximate surface area is 140 Å².